The van der Waals surface area contributed by atoms with Crippen LogP contribution in [0, 0.1) is 6.92 Å². The fourth-order valence-corrected chi connectivity index (χ4v) is 1.65. The zero-order valence-corrected chi connectivity index (χ0v) is 11.3. The monoisotopic (exact) mass is 271 g/mol. The van der Waals surface area contributed by atoms with E-state index in [9.17, 15) is 4.79 Å². The summed E-state index contributed by atoms with van der Waals surface area (Å²) < 4.78 is 5.14. The molecule has 0 unspecified atom stereocenters. The topological polar surface area (TPSA) is 66.3 Å². The highest BCUT2D eigenvalue weighted by Gasteiger charge is 2.04. The van der Waals surface area contributed by atoms with Crippen LogP contribution in [-0.4, -0.2) is 12.5 Å². The molecule has 2 aromatic rings. The molecule has 3 N–H and O–H groups in total. The van der Waals surface area contributed by atoms with E-state index in [1.807, 2.05) is 31.2 Å². The maximum atomic E-state index is 11.7. The highest BCUT2D eigenvalue weighted by atomic mass is 16.3. The van der Waals surface area contributed by atoms with Crippen LogP contribution >= 0.6 is 0 Å². The minimum Gasteiger partial charge on any atom is -0.463 e. The van der Waals surface area contributed by atoms with Gasteiger partial charge in [0.2, 0.25) is 0 Å². The third kappa shape index (κ3) is 3.65. The first-order valence-corrected chi connectivity index (χ1v) is 6.24. The lowest BCUT2D eigenvalue weighted by Crippen LogP contribution is -2.39. The minimum absolute atomic E-state index is 0.170. The lowest BCUT2D eigenvalue weighted by molar-refractivity contribution is -0.120. The van der Waals surface area contributed by atoms with Gasteiger partial charge in [-0.3, -0.25) is 15.6 Å². The number of carbonyl (C=O) groups excluding carboxylic acids is 1. The fourth-order valence-electron chi connectivity index (χ4n) is 1.65. The number of benzene rings is 1. The van der Waals surface area contributed by atoms with E-state index in [0.29, 0.717) is 11.5 Å². The van der Waals surface area contributed by atoms with Crippen LogP contribution in [0.5, 0.6) is 0 Å². The molecule has 0 spiro atoms. The average molecular weight is 271 g/mol. The van der Waals surface area contributed by atoms with Gasteiger partial charge >= 0.3 is 0 Å². The average Bonchev–Trinajstić information content (AvgIpc) is 2.98. The number of carbonyl (C=O) groups is 1. The molecule has 5 heteroatoms. The number of hydrogen-bond donors (Lipinski definition) is 3. The number of amides is 1. The van der Waals surface area contributed by atoms with E-state index >= 15 is 0 Å². The fraction of sp³-hybridized carbons (Fsp3) is 0.133. The third-order valence-electron chi connectivity index (χ3n) is 2.76. The summed E-state index contributed by atoms with van der Waals surface area (Å²) in [6.45, 7) is 5.91. The van der Waals surface area contributed by atoms with Crippen LogP contribution in [0.4, 0.5) is 5.69 Å². The Morgan fingerprint density at radius 1 is 1.20 bits per heavy atom. The van der Waals surface area contributed by atoms with Gasteiger partial charge in [-0.25, -0.2) is 0 Å². The normalized spacial score (nSPS) is 9.85. The summed E-state index contributed by atoms with van der Waals surface area (Å²) in [7, 11) is 0. The molecule has 0 aliphatic carbocycles. The van der Waals surface area contributed by atoms with Crippen molar-refractivity contribution in [2.45, 2.75) is 6.92 Å². The van der Waals surface area contributed by atoms with Gasteiger partial charge in [0.1, 0.15) is 0 Å². The SMILES string of the molecule is C=C(NNC(=O)CNc1ccccc1C)c1ccco1. The summed E-state index contributed by atoms with van der Waals surface area (Å²) >= 11 is 0. The molecule has 1 aromatic heterocycles. The number of nitrogens with one attached hydrogen (secondary N) is 3. The largest absolute Gasteiger partial charge is 0.463 e. The van der Waals surface area contributed by atoms with Crippen LogP contribution in [0.1, 0.15) is 11.3 Å². The van der Waals surface area contributed by atoms with E-state index in [1.165, 1.54) is 0 Å². The predicted molar refractivity (Wildman–Crippen MR) is 78.7 cm³/mol. The molecule has 0 saturated heterocycles. The second kappa shape index (κ2) is 6.47. The van der Waals surface area contributed by atoms with Crippen molar-refractivity contribution in [2.75, 3.05) is 11.9 Å². The molecule has 20 heavy (non-hydrogen) atoms. The highest BCUT2D eigenvalue weighted by Crippen LogP contribution is 2.12. The van der Waals surface area contributed by atoms with Gasteiger partial charge in [-0.05, 0) is 30.7 Å². The molecule has 0 radical (unpaired) electrons. The second-order valence-electron chi connectivity index (χ2n) is 4.30. The zero-order chi connectivity index (χ0) is 14.4. The Bertz CT molecular complexity index is 591. The van der Waals surface area contributed by atoms with Crippen molar-refractivity contribution in [3.8, 4) is 0 Å². The third-order valence-corrected chi connectivity index (χ3v) is 2.76. The van der Waals surface area contributed by atoms with Crippen molar-refractivity contribution in [3.05, 3.63) is 60.6 Å². The molecule has 0 atom stereocenters. The van der Waals surface area contributed by atoms with E-state index in [0.717, 1.165) is 11.3 Å². The van der Waals surface area contributed by atoms with E-state index in [2.05, 4.69) is 22.7 Å². The molecule has 104 valence electrons. The lowest BCUT2D eigenvalue weighted by Gasteiger charge is -2.11. The molecule has 0 fully saturated rings. The molecule has 0 aliphatic heterocycles. The number of hydrazine groups is 1. The summed E-state index contributed by atoms with van der Waals surface area (Å²) in [5, 5.41) is 3.07. The van der Waals surface area contributed by atoms with Gasteiger partial charge in [-0.1, -0.05) is 24.8 Å². The Labute approximate surface area is 117 Å². The molecule has 1 aromatic carbocycles. The molecule has 1 heterocycles. The van der Waals surface area contributed by atoms with Crippen molar-refractivity contribution >= 4 is 17.3 Å². The van der Waals surface area contributed by atoms with Crippen LogP contribution in [0.15, 0.2) is 53.7 Å². The molecule has 1 amide bonds. The first-order valence-electron chi connectivity index (χ1n) is 6.24. The van der Waals surface area contributed by atoms with Crippen molar-refractivity contribution < 1.29 is 9.21 Å². The maximum absolute atomic E-state index is 11.7. The first kappa shape index (κ1) is 13.7. The van der Waals surface area contributed by atoms with Gasteiger partial charge in [0.15, 0.2) is 5.76 Å². The van der Waals surface area contributed by atoms with Gasteiger partial charge < -0.3 is 9.73 Å². The molecule has 0 bridgehead atoms. The molecule has 5 nitrogen and oxygen atoms in total. The Balaban J connectivity index is 1.76. The first-order chi connectivity index (χ1) is 9.66. The smallest absolute Gasteiger partial charge is 0.257 e. The summed E-state index contributed by atoms with van der Waals surface area (Å²) in [5.41, 5.74) is 7.79. The van der Waals surface area contributed by atoms with Crippen LogP contribution in [0.3, 0.4) is 0 Å². The van der Waals surface area contributed by atoms with Crippen molar-refractivity contribution in [1.82, 2.24) is 10.9 Å². The molecule has 0 saturated carbocycles. The van der Waals surface area contributed by atoms with Crippen LogP contribution in [-0.2, 0) is 4.79 Å². The van der Waals surface area contributed by atoms with E-state index < -0.39 is 0 Å². The van der Waals surface area contributed by atoms with Crippen LogP contribution in [0.25, 0.3) is 5.70 Å². The zero-order valence-electron chi connectivity index (χ0n) is 11.3. The van der Waals surface area contributed by atoms with E-state index in [4.69, 9.17) is 4.42 Å². The number of hydrogen-bond acceptors (Lipinski definition) is 4. The number of para-hydroxylation sites is 1. The summed E-state index contributed by atoms with van der Waals surface area (Å²) in [6.07, 6.45) is 1.55. The van der Waals surface area contributed by atoms with Gasteiger partial charge in [0, 0.05) is 5.69 Å². The number of anilines is 1. The maximum Gasteiger partial charge on any atom is 0.257 e. The number of aryl methyl sites for hydroxylation is 1. The molecular formula is C15H17N3O2. The standard InChI is InChI=1S/C15H17N3O2/c1-11-6-3-4-7-13(11)16-10-15(19)18-17-12(2)14-8-5-9-20-14/h3-9,16-17H,2,10H2,1H3,(H,18,19). The van der Waals surface area contributed by atoms with Crippen LogP contribution < -0.4 is 16.2 Å². The Kier molecular flexibility index (Phi) is 4.44. The number of rotatable bonds is 6. The highest BCUT2D eigenvalue weighted by molar-refractivity contribution is 5.81. The second-order valence-corrected chi connectivity index (χ2v) is 4.30. The summed E-state index contributed by atoms with van der Waals surface area (Å²) in [5.74, 6) is 0.387. The Hall–Kier alpha value is -2.69. The van der Waals surface area contributed by atoms with Gasteiger partial charge in [-0.2, -0.15) is 0 Å². The van der Waals surface area contributed by atoms with E-state index in [1.54, 1.807) is 18.4 Å². The quantitative estimate of drug-likeness (QED) is 0.705. The van der Waals surface area contributed by atoms with Crippen molar-refractivity contribution in [2.24, 2.45) is 0 Å². The lowest BCUT2D eigenvalue weighted by atomic mass is 10.2. The van der Waals surface area contributed by atoms with Gasteiger partial charge in [-0.15, -0.1) is 0 Å². The Morgan fingerprint density at radius 2 is 2.00 bits per heavy atom. The van der Waals surface area contributed by atoms with E-state index in [-0.39, 0.29) is 12.5 Å². The van der Waals surface area contributed by atoms with Gasteiger partial charge in [0.25, 0.3) is 5.91 Å². The van der Waals surface area contributed by atoms with Crippen molar-refractivity contribution in [3.63, 3.8) is 0 Å². The van der Waals surface area contributed by atoms with Crippen LogP contribution in [0.2, 0.25) is 0 Å². The summed E-state index contributed by atoms with van der Waals surface area (Å²) in [4.78, 5) is 11.7. The molecule has 0 aliphatic rings. The minimum atomic E-state index is -0.194. The number of furan rings is 1. The summed E-state index contributed by atoms with van der Waals surface area (Å²) in [6, 6.07) is 11.3. The van der Waals surface area contributed by atoms with Crippen molar-refractivity contribution in [1.29, 1.82) is 0 Å². The molecular weight excluding hydrogens is 254 g/mol. The predicted octanol–water partition coefficient (Wildman–Crippen LogP) is 2.29. The molecule has 2 rings (SSSR count). The van der Waals surface area contributed by atoms with Gasteiger partial charge in [0.05, 0.1) is 18.5 Å². The Morgan fingerprint density at radius 3 is 2.70 bits per heavy atom.